The third-order valence-corrected chi connectivity index (χ3v) is 5.57. The molecule has 31 heavy (non-hydrogen) atoms. The number of aromatic amines is 1. The van der Waals surface area contributed by atoms with Gasteiger partial charge in [0.15, 0.2) is 6.10 Å². The van der Waals surface area contributed by atoms with Gasteiger partial charge in [-0.2, -0.15) is 0 Å². The molecule has 1 aliphatic carbocycles. The highest BCUT2D eigenvalue weighted by atomic mass is 16.5. The van der Waals surface area contributed by atoms with Crippen LogP contribution in [0.5, 0.6) is 0 Å². The standard InChI is InChI=1S/C25H16N4O2/c30-25(15-8-11-26-12-9-15)31-23-17-5-2-1-4-16(17)22-18(23)6-3-7-19(22)24-28-20-10-13-27-14-21(20)29-24/h1-14,23H,(H,28,29). The highest BCUT2D eigenvalue weighted by molar-refractivity contribution is 5.93. The summed E-state index contributed by atoms with van der Waals surface area (Å²) in [6, 6.07) is 19.2. The third kappa shape index (κ3) is 2.80. The molecule has 1 N–H and O–H groups in total. The number of ether oxygens (including phenoxy) is 1. The van der Waals surface area contributed by atoms with Crippen LogP contribution in [0.3, 0.4) is 0 Å². The minimum Gasteiger partial charge on any atom is -0.449 e. The number of carbonyl (C=O) groups is 1. The van der Waals surface area contributed by atoms with Gasteiger partial charge >= 0.3 is 5.97 Å². The fourth-order valence-corrected chi connectivity index (χ4v) is 4.18. The van der Waals surface area contributed by atoms with E-state index in [0.29, 0.717) is 5.56 Å². The van der Waals surface area contributed by atoms with Crippen molar-refractivity contribution in [1.29, 1.82) is 0 Å². The largest absolute Gasteiger partial charge is 0.449 e. The predicted molar refractivity (Wildman–Crippen MR) is 116 cm³/mol. The van der Waals surface area contributed by atoms with Gasteiger partial charge in [0, 0.05) is 40.8 Å². The van der Waals surface area contributed by atoms with Crippen molar-refractivity contribution in [3.8, 4) is 22.5 Å². The molecule has 6 rings (SSSR count). The zero-order valence-electron chi connectivity index (χ0n) is 16.3. The maximum atomic E-state index is 12.8. The number of H-pyrrole nitrogens is 1. The van der Waals surface area contributed by atoms with Gasteiger partial charge in [0.25, 0.3) is 0 Å². The summed E-state index contributed by atoms with van der Waals surface area (Å²) in [5, 5.41) is 0. The molecule has 0 amide bonds. The number of carbonyl (C=O) groups excluding carboxylic acids is 1. The van der Waals surface area contributed by atoms with Crippen molar-refractivity contribution in [2.45, 2.75) is 6.10 Å². The summed E-state index contributed by atoms with van der Waals surface area (Å²) in [5.74, 6) is 0.381. The Bertz CT molecular complexity index is 1410. The van der Waals surface area contributed by atoms with E-state index in [9.17, 15) is 4.79 Å². The second-order valence-corrected chi connectivity index (χ2v) is 7.36. The molecule has 6 heteroatoms. The molecule has 0 fully saturated rings. The lowest BCUT2D eigenvalue weighted by molar-refractivity contribution is 0.0385. The van der Waals surface area contributed by atoms with E-state index < -0.39 is 6.10 Å². The lowest BCUT2D eigenvalue weighted by atomic mass is 9.99. The lowest BCUT2D eigenvalue weighted by Crippen LogP contribution is -2.11. The SMILES string of the molecule is O=C(OC1c2ccccc2-c2c(-c3nc4ccncc4[nH]3)cccc21)c1ccncc1. The van der Waals surface area contributed by atoms with E-state index in [0.717, 1.165) is 44.7 Å². The Morgan fingerprint density at radius 2 is 1.61 bits per heavy atom. The molecule has 0 aliphatic heterocycles. The van der Waals surface area contributed by atoms with E-state index in [2.05, 4.69) is 21.0 Å². The van der Waals surface area contributed by atoms with Crippen LogP contribution in [0, 0.1) is 0 Å². The number of aromatic nitrogens is 4. The number of benzene rings is 2. The molecule has 2 aromatic carbocycles. The van der Waals surface area contributed by atoms with E-state index in [1.165, 1.54) is 0 Å². The van der Waals surface area contributed by atoms with Crippen molar-refractivity contribution in [3.63, 3.8) is 0 Å². The van der Waals surface area contributed by atoms with Crippen molar-refractivity contribution < 1.29 is 9.53 Å². The first-order valence-corrected chi connectivity index (χ1v) is 9.93. The Morgan fingerprint density at radius 3 is 2.48 bits per heavy atom. The van der Waals surface area contributed by atoms with Gasteiger partial charge in [0.1, 0.15) is 5.82 Å². The number of hydrogen-bond acceptors (Lipinski definition) is 5. The van der Waals surface area contributed by atoms with Crippen LogP contribution in [-0.4, -0.2) is 25.9 Å². The Morgan fingerprint density at radius 1 is 0.839 bits per heavy atom. The number of pyridine rings is 2. The summed E-state index contributed by atoms with van der Waals surface area (Å²) < 4.78 is 5.99. The molecule has 6 nitrogen and oxygen atoms in total. The maximum absolute atomic E-state index is 12.8. The lowest BCUT2D eigenvalue weighted by Gasteiger charge is -2.15. The molecule has 0 bridgehead atoms. The van der Waals surface area contributed by atoms with Gasteiger partial charge in [-0.1, -0.05) is 42.5 Å². The van der Waals surface area contributed by atoms with Crippen LogP contribution in [-0.2, 0) is 4.74 Å². The van der Waals surface area contributed by atoms with Gasteiger partial charge in [-0.05, 0) is 23.8 Å². The molecule has 0 saturated carbocycles. The minimum atomic E-state index is -0.488. The number of esters is 1. The quantitative estimate of drug-likeness (QED) is 0.431. The number of hydrogen-bond donors (Lipinski definition) is 1. The highest BCUT2D eigenvalue weighted by Gasteiger charge is 2.34. The Balaban J connectivity index is 1.49. The van der Waals surface area contributed by atoms with Gasteiger partial charge in [0.2, 0.25) is 0 Å². The van der Waals surface area contributed by atoms with Crippen LogP contribution < -0.4 is 0 Å². The molecule has 0 spiro atoms. The first kappa shape index (κ1) is 17.5. The average Bonchev–Trinajstić information content (AvgIpc) is 3.39. The summed E-state index contributed by atoms with van der Waals surface area (Å²) in [5.41, 5.74) is 7.14. The Kier molecular flexibility index (Phi) is 3.89. The molecule has 3 heterocycles. The minimum absolute atomic E-state index is 0.379. The monoisotopic (exact) mass is 404 g/mol. The molecular formula is C25H16N4O2. The zero-order valence-corrected chi connectivity index (χ0v) is 16.3. The van der Waals surface area contributed by atoms with E-state index in [1.807, 2.05) is 42.5 Å². The first-order valence-electron chi connectivity index (χ1n) is 9.93. The predicted octanol–water partition coefficient (Wildman–Crippen LogP) is 4.95. The van der Waals surface area contributed by atoms with Gasteiger partial charge in [-0.3, -0.25) is 9.97 Å². The second kappa shape index (κ2) is 6.88. The summed E-state index contributed by atoms with van der Waals surface area (Å²) >= 11 is 0. The molecule has 3 aromatic heterocycles. The summed E-state index contributed by atoms with van der Waals surface area (Å²) in [4.78, 5) is 29.1. The average molecular weight is 404 g/mol. The van der Waals surface area contributed by atoms with E-state index >= 15 is 0 Å². The molecule has 0 saturated heterocycles. The zero-order chi connectivity index (χ0) is 20.8. The third-order valence-electron chi connectivity index (χ3n) is 5.57. The van der Waals surface area contributed by atoms with Crippen LogP contribution in [0.1, 0.15) is 27.6 Å². The fourth-order valence-electron chi connectivity index (χ4n) is 4.18. The summed E-state index contributed by atoms with van der Waals surface area (Å²) in [6.07, 6.45) is 6.18. The van der Waals surface area contributed by atoms with E-state index in [-0.39, 0.29) is 5.97 Å². The molecular weight excluding hydrogens is 388 g/mol. The van der Waals surface area contributed by atoms with Gasteiger partial charge < -0.3 is 9.72 Å². The van der Waals surface area contributed by atoms with Crippen molar-refractivity contribution in [2.24, 2.45) is 0 Å². The molecule has 1 aliphatic rings. The Hall–Kier alpha value is -4.32. The van der Waals surface area contributed by atoms with Crippen LogP contribution in [0.2, 0.25) is 0 Å². The smallest absolute Gasteiger partial charge is 0.339 e. The molecule has 1 atom stereocenters. The van der Waals surface area contributed by atoms with Crippen molar-refractivity contribution in [1.82, 2.24) is 19.9 Å². The van der Waals surface area contributed by atoms with Crippen LogP contribution in [0.15, 0.2) is 85.5 Å². The normalized spacial score (nSPS) is 14.3. The number of nitrogens with one attached hydrogen (secondary N) is 1. The molecule has 5 aromatic rings. The maximum Gasteiger partial charge on any atom is 0.339 e. The fraction of sp³-hybridized carbons (Fsp3) is 0.0400. The van der Waals surface area contributed by atoms with Crippen molar-refractivity contribution >= 4 is 17.0 Å². The van der Waals surface area contributed by atoms with Crippen molar-refractivity contribution in [2.75, 3.05) is 0 Å². The summed E-state index contributed by atoms with van der Waals surface area (Å²) in [6.45, 7) is 0. The van der Waals surface area contributed by atoms with Gasteiger partial charge in [0.05, 0.1) is 22.8 Å². The van der Waals surface area contributed by atoms with Crippen LogP contribution in [0.4, 0.5) is 0 Å². The van der Waals surface area contributed by atoms with Gasteiger partial charge in [-0.15, -0.1) is 0 Å². The van der Waals surface area contributed by atoms with Crippen molar-refractivity contribution in [3.05, 3.63) is 102 Å². The van der Waals surface area contributed by atoms with E-state index in [1.54, 1.807) is 36.9 Å². The number of nitrogens with zero attached hydrogens (tertiary/aromatic N) is 3. The number of imidazole rings is 1. The van der Waals surface area contributed by atoms with E-state index in [4.69, 9.17) is 9.72 Å². The topological polar surface area (TPSA) is 80.8 Å². The Labute approximate surface area is 177 Å². The molecule has 1 unspecified atom stereocenters. The number of rotatable bonds is 3. The van der Waals surface area contributed by atoms with Crippen LogP contribution >= 0.6 is 0 Å². The molecule has 148 valence electrons. The second-order valence-electron chi connectivity index (χ2n) is 7.36. The van der Waals surface area contributed by atoms with Crippen LogP contribution in [0.25, 0.3) is 33.5 Å². The highest BCUT2D eigenvalue weighted by Crippen LogP contribution is 2.49. The molecule has 0 radical (unpaired) electrons. The number of fused-ring (bicyclic) bond motifs is 4. The van der Waals surface area contributed by atoms with Gasteiger partial charge in [-0.25, -0.2) is 9.78 Å². The first-order chi connectivity index (χ1) is 15.3. The summed E-state index contributed by atoms with van der Waals surface area (Å²) in [7, 11) is 0.